The Kier molecular flexibility index (Phi) is 7.22. The molecule has 0 heterocycles. The maximum absolute atomic E-state index is 11.4. The zero-order chi connectivity index (χ0) is 17.0. The summed E-state index contributed by atoms with van der Waals surface area (Å²) in [6, 6.07) is 0. The van der Waals surface area contributed by atoms with Gasteiger partial charge in [-0.15, -0.1) is 11.5 Å². The van der Waals surface area contributed by atoms with Crippen molar-refractivity contribution in [3.63, 3.8) is 0 Å². The van der Waals surface area contributed by atoms with Crippen LogP contribution in [0.4, 0.5) is 0 Å². The number of hydrogen-bond donors (Lipinski definition) is 1. The summed E-state index contributed by atoms with van der Waals surface area (Å²) in [5.41, 5.74) is 5.12. The maximum atomic E-state index is 11.4. The van der Waals surface area contributed by atoms with Crippen LogP contribution in [0.5, 0.6) is 0 Å². The topological polar surface area (TPSA) is 37.3 Å². The molecule has 0 aromatic carbocycles. The first-order valence-electron chi connectivity index (χ1n) is 8.10. The van der Waals surface area contributed by atoms with E-state index in [2.05, 4.69) is 53.0 Å². The molecule has 122 valence electrons. The highest BCUT2D eigenvalue weighted by Gasteiger charge is 2.41. The summed E-state index contributed by atoms with van der Waals surface area (Å²) < 4.78 is 0. The van der Waals surface area contributed by atoms with Crippen molar-refractivity contribution in [2.24, 2.45) is 11.3 Å². The molecule has 0 amide bonds. The third-order valence-electron chi connectivity index (χ3n) is 4.82. The van der Waals surface area contributed by atoms with Crippen LogP contribution in [0, 0.1) is 22.8 Å². The number of carboxylic acids is 1. The average Bonchev–Trinajstić information content (AvgIpc) is 2.24. The molecule has 0 aromatic rings. The standard InChI is InChI=1S/C18H34O2Si/c1-13(2)21(14(3)4,15(5)6)12-10-11-16(17(19)20)18(7,8)9/h13-16H,11H2,1-9H3,(H,19,20). The zero-order valence-electron chi connectivity index (χ0n) is 15.4. The quantitative estimate of drug-likeness (QED) is 0.549. The molecule has 0 bridgehead atoms. The van der Waals surface area contributed by atoms with E-state index in [9.17, 15) is 9.90 Å². The van der Waals surface area contributed by atoms with E-state index in [0.717, 1.165) is 0 Å². The Labute approximate surface area is 132 Å². The van der Waals surface area contributed by atoms with Crippen LogP contribution in [-0.4, -0.2) is 19.1 Å². The summed E-state index contributed by atoms with van der Waals surface area (Å²) in [7, 11) is -1.74. The fourth-order valence-corrected chi connectivity index (χ4v) is 8.78. The van der Waals surface area contributed by atoms with Gasteiger partial charge in [0.25, 0.3) is 0 Å². The van der Waals surface area contributed by atoms with E-state index in [1.165, 1.54) is 0 Å². The molecule has 0 radical (unpaired) electrons. The Bertz CT molecular complexity index is 383. The molecule has 0 aliphatic rings. The van der Waals surface area contributed by atoms with Crippen molar-refractivity contribution in [2.75, 3.05) is 0 Å². The fourth-order valence-electron chi connectivity index (χ4n) is 3.50. The molecule has 2 nitrogen and oxygen atoms in total. The Morgan fingerprint density at radius 3 is 1.62 bits per heavy atom. The van der Waals surface area contributed by atoms with Gasteiger partial charge in [-0.25, -0.2) is 0 Å². The smallest absolute Gasteiger partial charge is 0.307 e. The number of hydrogen-bond acceptors (Lipinski definition) is 1. The Hall–Kier alpha value is -0.753. The lowest BCUT2D eigenvalue weighted by molar-refractivity contribution is -0.145. The molecule has 1 N–H and O–H groups in total. The first-order chi connectivity index (χ1) is 9.37. The Morgan fingerprint density at radius 1 is 1.00 bits per heavy atom. The van der Waals surface area contributed by atoms with Crippen molar-refractivity contribution in [3.05, 3.63) is 0 Å². The van der Waals surface area contributed by atoms with Crippen molar-refractivity contribution in [2.45, 2.75) is 85.4 Å². The molecule has 0 spiro atoms. The van der Waals surface area contributed by atoms with Crippen LogP contribution in [0.25, 0.3) is 0 Å². The van der Waals surface area contributed by atoms with Gasteiger partial charge in [-0.05, 0) is 22.0 Å². The summed E-state index contributed by atoms with van der Waals surface area (Å²) >= 11 is 0. The highest BCUT2D eigenvalue weighted by atomic mass is 28.3. The molecule has 21 heavy (non-hydrogen) atoms. The Morgan fingerprint density at radius 2 is 1.38 bits per heavy atom. The zero-order valence-corrected chi connectivity index (χ0v) is 16.4. The lowest BCUT2D eigenvalue weighted by Crippen LogP contribution is -2.43. The van der Waals surface area contributed by atoms with E-state index in [1.807, 2.05) is 20.8 Å². The van der Waals surface area contributed by atoms with Gasteiger partial charge in [-0.1, -0.05) is 62.3 Å². The van der Waals surface area contributed by atoms with Crippen LogP contribution in [0.1, 0.15) is 68.7 Å². The molecular formula is C18H34O2Si. The van der Waals surface area contributed by atoms with E-state index in [0.29, 0.717) is 23.0 Å². The molecule has 0 fully saturated rings. The van der Waals surface area contributed by atoms with E-state index in [1.54, 1.807) is 0 Å². The van der Waals surface area contributed by atoms with E-state index < -0.39 is 20.0 Å². The molecule has 0 saturated heterocycles. The van der Waals surface area contributed by atoms with Crippen molar-refractivity contribution in [3.8, 4) is 11.5 Å². The van der Waals surface area contributed by atoms with Crippen molar-refractivity contribution in [1.29, 1.82) is 0 Å². The van der Waals surface area contributed by atoms with Gasteiger partial charge in [0, 0.05) is 6.42 Å². The van der Waals surface area contributed by atoms with Crippen LogP contribution < -0.4 is 0 Å². The molecule has 1 atom stereocenters. The van der Waals surface area contributed by atoms with Crippen LogP contribution >= 0.6 is 0 Å². The second-order valence-corrected chi connectivity index (χ2v) is 13.7. The van der Waals surface area contributed by atoms with Gasteiger partial charge in [0.05, 0.1) is 5.92 Å². The molecule has 0 aromatic heterocycles. The highest BCUT2D eigenvalue weighted by Crippen LogP contribution is 2.41. The maximum Gasteiger partial charge on any atom is 0.307 e. The van der Waals surface area contributed by atoms with Gasteiger partial charge in [0.2, 0.25) is 0 Å². The monoisotopic (exact) mass is 310 g/mol. The van der Waals surface area contributed by atoms with Gasteiger partial charge >= 0.3 is 5.97 Å². The number of rotatable bonds is 5. The third-order valence-corrected chi connectivity index (χ3v) is 11.2. The minimum Gasteiger partial charge on any atom is -0.481 e. The minimum atomic E-state index is -1.74. The second-order valence-electron chi connectivity index (χ2n) is 8.16. The van der Waals surface area contributed by atoms with E-state index >= 15 is 0 Å². The van der Waals surface area contributed by atoms with Crippen LogP contribution in [-0.2, 0) is 4.79 Å². The van der Waals surface area contributed by atoms with Gasteiger partial charge in [0.15, 0.2) is 0 Å². The fraction of sp³-hybridized carbons (Fsp3) is 0.833. The predicted octanol–water partition coefficient (Wildman–Crippen LogP) is 5.34. The van der Waals surface area contributed by atoms with Crippen LogP contribution in [0.15, 0.2) is 0 Å². The summed E-state index contributed by atoms with van der Waals surface area (Å²) in [5, 5.41) is 9.41. The third kappa shape index (κ3) is 4.88. The van der Waals surface area contributed by atoms with Crippen molar-refractivity contribution in [1.82, 2.24) is 0 Å². The summed E-state index contributed by atoms with van der Waals surface area (Å²) in [4.78, 5) is 11.4. The molecular weight excluding hydrogens is 276 g/mol. The number of carboxylic acid groups (broad SMARTS) is 1. The molecule has 0 rings (SSSR count). The van der Waals surface area contributed by atoms with Gasteiger partial charge < -0.3 is 5.11 Å². The number of aliphatic carboxylic acids is 1. The second kappa shape index (κ2) is 7.49. The van der Waals surface area contributed by atoms with Gasteiger partial charge in [-0.3, -0.25) is 4.79 Å². The van der Waals surface area contributed by atoms with Crippen LogP contribution in [0.2, 0.25) is 16.6 Å². The first kappa shape index (κ1) is 20.2. The molecule has 0 aliphatic heterocycles. The first-order valence-corrected chi connectivity index (χ1v) is 10.3. The molecule has 0 aliphatic carbocycles. The van der Waals surface area contributed by atoms with Gasteiger partial charge in [-0.2, -0.15) is 0 Å². The molecule has 3 heteroatoms. The van der Waals surface area contributed by atoms with E-state index in [4.69, 9.17) is 0 Å². The van der Waals surface area contributed by atoms with E-state index in [-0.39, 0.29) is 5.41 Å². The highest BCUT2D eigenvalue weighted by molar-refractivity contribution is 6.90. The Balaban J connectivity index is 5.46. The SMILES string of the molecule is CC(C)[Si](C#CCC(C(=O)O)C(C)(C)C)(C(C)C)C(C)C. The van der Waals surface area contributed by atoms with Crippen molar-refractivity contribution < 1.29 is 9.90 Å². The summed E-state index contributed by atoms with van der Waals surface area (Å²) in [6.07, 6.45) is 0.458. The van der Waals surface area contributed by atoms with Crippen LogP contribution in [0.3, 0.4) is 0 Å². The summed E-state index contributed by atoms with van der Waals surface area (Å²) in [6.45, 7) is 19.6. The predicted molar refractivity (Wildman–Crippen MR) is 94.0 cm³/mol. The average molecular weight is 311 g/mol. The lowest BCUT2D eigenvalue weighted by atomic mass is 9.79. The lowest BCUT2D eigenvalue weighted by Gasteiger charge is -2.38. The minimum absolute atomic E-state index is 0.252. The van der Waals surface area contributed by atoms with Gasteiger partial charge in [0.1, 0.15) is 8.07 Å². The van der Waals surface area contributed by atoms with Crippen molar-refractivity contribution >= 4 is 14.0 Å². The molecule has 1 unspecified atom stereocenters. The normalized spacial score (nSPS) is 14.3. The summed E-state index contributed by atoms with van der Waals surface area (Å²) in [5.74, 6) is 2.16. The molecule has 0 saturated carbocycles. The largest absolute Gasteiger partial charge is 0.481 e. The number of carbonyl (C=O) groups is 1.